The number of para-hydroxylation sites is 1. The maximum atomic E-state index is 12.7. The molecule has 1 amide bonds. The largest absolute Gasteiger partial charge is 0.360 e. The molecular weight excluding hydrogens is 252 g/mol. The number of aromatic nitrogens is 1. The molecule has 0 aliphatic carbocycles. The summed E-state index contributed by atoms with van der Waals surface area (Å²) in [5, 5.41) is 3.92. The molecule has 0 radical (unpaired) electrons. The zero-order valence-corrected chi connectivity index (χ0v) is 12.0. The van der Waals surface area contributed by atoms with Gasteiger partial charge in [0.2, 0.25) is 0 Å². The molecule has 0 bridgehead atoms. The standard InChI is InChI=1S/C16H18N2O2/c1-10(2)15-9-13(17-20-15)16(19)18-11(3)8-12-6-4-5-7-14(12)18/h4-7,9-11H,8H2,1-3H3. The Morgan fingerprint density at radius 3 is 2.85 bits per heavy atom. The normalized spacial score (nSPS) is 17.6. The molecule has 0 N–H and O–H groups in total. The van der Waals surface area contributed by atoms with Crippen LogP contribution in [0, 0.1) is 0 Å². The summed E-state index contributed by atoms with van der Waals surface area (Å²) in [6, 6.07) is 9.92. The van der Waals surface area contributed by atoms with Gasteiger partial charge < -0.3 is 9.42 Å². The molecule has 20 heavy (non-hydrogen) atoms. The van der Waals surface area contributed by atoms with Crippen molar-refractivity contribution in [1.29, 1.82) is 0 Å². The first-order valence-corrected chi connectivity index (χ1v) is 6.96. The van der Waals surface area contributed by atoms with E-state index < -0.39 is 0 Å². The Labute approximate surface area is 118 Å². The van der Waals surface area contributed by atoms with Crippen molar-refractivity contribution in [2.45, 2.75) is 39.2 Å². The maximum Gasteiger partial charge on any atom is 0.280 e. The first-order chi connectivity index (χ1) is 9.58. The highest BCUT2D eigenvalue weighted by molar-refractivity contribution is 6.06. The molecule has 0 saturated heterocycles. The average Bonchev–Trinajstić information content (AvgIpc) is 3.01. The van der Waals surface area contributed by atoms with Crippen LogP contribution in [0.2, 0.25) is 0 Å². The van der Waals surface area contributed by atoms with Gasteiger partial charge >= 0.3 is 0 Å². The Hall–Kier alpha value is -2.10. The second-order valence-electron chi connectivity index (χ2n) is 5.63. The van der Waals surface area contributed by atoms with E-state index in [4.69, 9.17) is 4.52 Å². The van der Waals surface area contributed by atoms with E-state index in [0.717, 1.165) is 17.9 Å². The van der Waals surface area contributed by atoms with Gasteiger partial charge in [-0.05, 0) is 25.0 Å². The molecule has 1 aliphatic rings. The molecule has 0 saturated carbocycles. The predicted octanol–water partition coefficient (Wildman–Crippen LogP) is 3.39. The minimum atomic E-state index is -0.0851. The van der Waals surface area contributed by atoms with Crippen LogP contribution in [-0.2, 0) is 6.42 Å². The van der Waals surface area contributed by atoms with Crippen molar-refractivity contribution >= 4 is 11.6 Å². The first-order valence-electron chi connectivity index (χ1n) is 6.96. The van der Waals surface area contributed by atoms with Gasteiger partial charge in [-0.25, -0.2) is 0 Å². The molecule has 2 heterocycles. The number of hydrogen-bond donors (Lipinski definition) is 0. The molecule has 3 rings (SSSR count). The fourth-order valence-electron chi connectivity index (χ4n) is 2.66. The lowest BCUT2D eigenvalue weighted by atomic mass is 10.1. The number of amides is 1. The number of carbonyl (C=O) groups excluding carboxylic acids is 1. The number of rotatable bonds is 2. The highest BCUT2D eigenvalue weighted by Crippen LogP contribution is 2.33. The molecule has 1 aromatic carbocycles. The third-order valence-electron chi connectivity index (χ3n) is 3.74. The van der Waals surface area contributed by atoms with E-state index in [1.165, 1.54) is 5.56 Å². The first kappa shape index (κ1) is 12.9. The summed E-state index contributed by atoms with van der Waals surface area (Å²) in [6.07, 6.45) is 0.886. The van der Waals surface area contributed by atoms with Crippen LogP contribution in [0.15, 0.2) is 34.9 Å². The molecule has 1 unspecified atom stereocenters. The van der Waals surface area contributed by atoms with Crippen LogP contribution in [0.25, 0.3) is 0 Å². The van der Waals surface area contributed by atoms with E-state index in [2.05, 4.69) is 18.1 Å². The highest BCUT2D eigenvalue weighted by Gasteiger charge is 2.32. The number of hydrogen-bond acceptors (Lipinski definition) is 3. The summed E-state index contributed by atoms with van der Waals surface area (Å²) < 4.78 is 5.23. The van der Waals surface area contributed by atoms with Crippen LogP contribution in [0.4, 0.5) is 5.69 Å². The Morgan fingerprint density at radius 1 is 1.40 bits per heavy atom. The second kappa shape index (κ2) is 4.78. The molecule has 0 spiro atoms. The summed E-state index contributed by atoms with van der Waals surface area (Å²) in [5.74, 6) is 0.888. The number of fused-ring (bicyclic) bond motifs is 1. The lowest BCUT2D eigenvalue weighted by Crippen LogP contribution is -2.35. The third-order valence-corrected chi connectivity index (χ3v) is 3.74. The number of nitrogens with zero attached hydrogens (tertiary/aromatic N) is 2. The summed E-state index contributed by atoms with van der Waals surface area (Å²) in [4.78, 5) is 14.5. The fraction of sp³-hybridized carbons (Fsp3) is 0.375. The van der Waals surface area contributed by atoms with Gasteiger partial charge in [-0.1, -0.05) is 37.2 Å². The van der Waals surface area contributed by atoms with Crippen LogP contribution in [0.5, 0.6) is 0 Å². The number of anilines is 1. The molecular formula is C16H18N2O2. The Morgan fingerprint density at radius 2 is 2.15 bits per heavy atom. The van der Waals surface area contributed by atoms with E-state index in [-0.39, 0.29) is 17.9 Å². The zero-order valence-electron chi connectivity index (χ0n) is 12.0. The Balaban J connectivity index is 1.94. The van der Waals surface area contributed by atoms with Crippen molar-refractivity contribution in [2.24, 2.45) is 0 Å². The molecule has 1 atom stereocenters. The van der Waals surface area contributed by atoms with Gasteiger partial charge in [0.15, 0.2) is 5.69 Å². The van der Waals surface area contributed by atoms with Gasteiger partial charge in [-0.15, -0.1) is 0 Å². The van der Waals surface area contributed by atoms with E-state index >= 15 is 0 Å². The van der Waals surface area contributed by atoms with Crippen molar-refractivity contribution in [3.05, 3.63) is 47.3 Å². The minimum Gasteiger partial charge on any atom is -0.360 e. The van der Waals surface area contributed by atoms with E-state index in [1.807, 2.05) is 36.9 Å². The van der Waals surface area contributed by atoms with Crippen LogP contribution < -0.4 is 4.90 Å². The van der Waals surface area contributed by atoms with Crippen LogP contribution in [-0.4, -0.2) is 17.1 Å². The van der Waals surface area contributed by atoms with Gasteiger partial charge in [-0.3, -0.25) is 4.79 Å². The van der Waals surface area contributed by atoms with Gasteiger partial charge in [0.05, 0.1) is 0 Å². The number of carbonyl (C=O) groups is 1. The smallest absolute Gasteiger partial charge is 0.280 e. The van der Waals surface area contributed by atoms with Gasteiger partial charge in [0.1, 0.15) is 5.76 Å². The van der Waals surface area contributed by atoms with E-state index in [1.54, 1.807) is 6.07 Å². The third kappa shape index (κ3) is 2.01. The lowest BCUT2D eigenvalue weighted by Gasteiger charge is -2.21. The summed E-state index contributed by atoms with van der Waals surface area (Å²) >= 11 is 0. The fourth-order valence-corrected chi connectivity index (χ4v) is 2.66. The van der Waals surface area contributed by atoms with Crippen LogP contribution in [0.3, 0.4) is 0 Å². The average molecular weight is 270 g/mol. The molecule has 4 heteroatoms. The molecule has 0 fully saturated rings. The van der Waals surface area contributed by atoms with Gasteiger partial charge in [-0.2, -0.15) is 0 Å². The molecule has 2 aromatic rings. The maximum absolute atomic E-state index is 12.7. The Bertz CT molecular complexity index is 645. The van der Waals surface area contributed by atoms with Crippen molar-refractivity contribution in [3.8, 4) is 0 Å². The predicted molar refractivity (Wildman–Crippen MR) is 77.0 cm³/mol. The zero-order chi connectivity index (χ0) is 14.3. The summed E-state index contributed by atoms with van der Waals surface area (Å²) in [6.45, 7) is 6.09. The minimum absolute atomic E-state index is 0.0851. The van der Waals surface area contributed by atoms with E-state index in [9.17, 15) is 4.79 Å². The molecule has 104 valence electrons. The van der Waals surface area contributed by atoms with Crippen molar-refractivity contribution in [1.82, 2.24) is 5.16 Å². The molecule has 4 nitrogen and oxygen atoms in total. The van der Waals surface area contributed by atoms with Crippen LogP contribution >= 0.6 is 0 Å². The second-order valence-corrected chi connectivity index (χ2v) is 5.63. The quantitative estimate of drug-likeness (QED) is 0.840. The van der Waals surface area contributed by atoms with Gasteiger partial charge in [0, 0.05) is 23.7 Å². The Kier molecular flexibility index (Phi) is 3.08. The van der Waals surface area contributed by atoms with Crippen molar-refractivity contribution < 1.29 is 9.32 Å². The molecule has 1 aliphatic heterocycles. The SMILES string of the molecule is CC(C)c1cc(C(=O)N2c3ccccc3CC2C)no1. The summed E-state index contributed by atoms with van der Waals surface area (Å²) in [7, 11) is 0. The number of benzene rings is 1. The summed E-state index contributed by atoms with van der Waals surface area (Å²) in [5.41, 5.74) is 2.58. The van der Waals surface area contributed by atoms with E-state index in [0.29, 0.717) is 5.69 Å². The topological polar surface area (TPSA) is 46.3 Å². The van der Waals surface area contributed by atoms with Crippen molar-refractivity contribution in [3.63, 3.8) is 0 Å². The van der Waals surface area contributed by atoms with Gasteiger partial charge in [0.25, 0.3) is 5.91 Å². The highest BCUT2D eigenvalue weighted by atomic mass is 16.5. The van der Waals surface area contributed by atoms with Crippen molar-refractivity contribution in [2.75, 3.05) is 4.90 Å². The van der Waals surface area contributed by atoms with Crippen LogP contribution in [0.1, 0.15) is 48.5 Å². The lowest BCUT2D eigenvalue weighted by molar-refractivity contribution is 0.0972. The molecule has 1 aromatic heterocycles. The monoisotopic (exact) mass is 270 g/mol.